The molecule has 0 atom stereocenters. The van der Waals surface area contributed by atoms with Crippen molar-refractivity contribution in [1.29, 1.82) is 0 Å². The van der Waals surface area contributed by atoms with Crippen molar-refractivity contribution in [3.05, 3.63) is 35.2 Å². The van der Waals surface area contributed by atoms with Crippen molar-refractivity contribution in [2.24, 2.45) is 0 Å². The Hall–Kier alpha value is -0.760. The number of hydrogen-bond acceptors (Lipinski definition) is 1. The summed E-state index contributed by atoms with van der Waals surface area (Å²) < 4.78 is 79.3. The number of hydrogen-bond donors (Lipinski definition) is 0. The predicted molar refractivity (Wildman–Crippen MR) is 82.2 cm³/mol. The fraction of sp³-hybridized carbons (Fsp3) is 0.429. The van der Waals surface area contributed by atoms with Gasteiger partial charge in [0, 0.05) is 4.90 Å². The number of halogens is 6. The van der Waals surface area contributed by atoms with Crippen molar-refractivity contribution < 1.29 is 23.8 Å². The van der Waals surface area contributed by atoms with Crippen molar-refractivity contribution in [2.75, 3.05) is 5.75 Å². The molecule has 0 radical (unpaired) electrons. The van der Waals surface area contributed by atoms with Crippen LogP contribution >= 0.6 is 22.0 Å². The fourth-order valence-electron chi connectivity index (χ4n) is 2.15. The summed E-state index contributed by atoms with van der Waals surface area (Å²) in [6.07, 6.45) is 1.45. The van der Waals surface area contributed by atoms with Gasteiger partial charge < -0.3 is 0 Å². The highest BCUT2D eigenvalue weighted by Gasteiger charge is 2.67. The molecule has 0 aliphatic heterocycles. The number of rotatable bonds is 6. The second-order valence-corrected chi connectivity index (χ2v) is 8.56. The van der Waals surface area contributed by atoms with Gasteiger partial charge in [0.05, 0.1) is 5.83 Å². The molecule has 0 N–H and O–H groups in total. The number of allylic oxidation sites excluding steroid dienone is 2. The van der Waals surface area contributed by atoms with Crippen LogP contribution in [0.2, 0.25) is 0 Å². The molecule has 0 aliphatic rings. The molecule has 0 heterocycles. The molecule has 1 rings (SSSR count). The van der Waals surface area contributed by atoms with Crippen LogP contribution in [-0.4, -0.2) is 5.75 Å². The first-order valence-electron chi connectivity index (χ1n) is 6.58. The summed E-state index contributed by atoms with van der Waals surface area (Å²) >= 11 is 0.735. The van der Waals surface area contributed by atoms with Gasteiger partial charge in [0.2, 0.25) is 0 Å². The highest BCUT2D eigenvalue weighted by atomic mass is 32.5. The average molecular weight is 364 g/mol. The van der Waals surface area contributed by atoms with Crippen LogP contribution in [0.5, 0.6) is 0 Å². The van der Waals surface area contributed by atoms with Gasteiger partial charge in [0.1, 0.15) is 4.90 Å². The Labute approximate surface area is 130 Å². The molecular formula is C14H18F6S2. The van der Waals surface area contributed by atoms with Gasteiger partial charge in [0.15, 0.2) is 0 Å². The van der Waals surface area contributed by atoms with Crippen LogP contribution in [0.1, 0.15) is 31.4 Å². The molecule has 1 aromatic rings. The third kappa shape index (κ3) is 5.15. The summed E-state index contributed by atoms with van der Waals surface area (Å²) in [5.74, 6) is -0.201. The highest BCUT2D eigenvalue weighted by Crippen LogP contribution is 3.03. The second kappa shape index (κ2) is 5.70. The normalized spacial score (nSPS) is 16.3. The fourth-order valence-corrected chi connectivity index (χ4v) is 4.72. The Bertz CT molecular complexity index is 585. The van der Waals surface area contributed by atoms with E-state index in [0.29, 0.717) is 0 Å². The summed E-state index contributed by atoms with van der Waals surface area (Å²) in [5, 5.41) is 0. The molecule has 0 amide bonds. The van der Waals surface area contributed by atoms with Gasteiger partial charge in [-0.2, -0.15) is 0 Å². The van der Waals surface area contributed by atoms with Gasteiger partial charge in [-0.15, -0.1) is 11.8 Å². The second-order valence-electron chi connectivity index (χ2n) is 4.91. The van der Waals surface area contributed by atoms with Crippen LogP contribution in [0, 0.1) is 6.92 Å². The Morgan fingerprint density at radius 1 is 1.18 bits per heavy atom. The highest BCUT2D eigenvalue weighted by molar-refractivity contribution is 8.46. The van der Waals surface area contributed by atoms with Crippen LogP contribution in [0.3, 0.4) is 0 Å². The first-order chi connectivity index (χ1) is 9.76. The quantitative estimate of drug-likeness (QED) is 0.370. The third-order valence-electron chi connectivity index (χ3n) is 3.01. The van der Waals surface area contributed by atoms with E-state index >= 15 is 0 Å². The minimum Gasteiger partial charge on any atom is -0.212 e. The van der Waals surface area contributed by atoms with Gasteiger partial charge in [0.25, 0.3) is 0 Å². The van der Waals surface area contributed by atoms with Crippen LogP contribution in [0.4, 0.5) is 23.8 Å². The Morgan fingerprint density at radius 3 is 2.23 bits per heavy atom. The molecule has 0 spiro atoms. The zero-order valence-electron chi connectivity index (χ0n) is 12.4. The topological polar surface area (TPSA) is 0 Å². The van der Waals surface area contributed by atoms with Crippen LogP contribution in [-0.2, 0) is 6.42 Å². The largest absolute Gasteiger partial charge is 0.311 e. The maximum absolute atomic E-state index is 13.3. The standard InChI is InChI=1S/C14H18F6S2/c1-4-21-13-9-8-12(7-5-6-10(2)15)11(3)14(13)22(16,17,18,19)20/h6,8-9H,4-5,7H2,1-3H3/b10-6-. The van der Waals surface area contributed by atoms with Gasteiger partial charge >= 0.3 is 10.2 Å². The van der Waals surface area contributed by atoms with Crippen molar-refractivity contribution >= 4 is 22.0 Å². The molecule has 0 saturated carbocycles. The number of benzene rings is 1. The van der Waals surface area contributed by atoms with E-state index in [9.17, 15) is 23.8 Å². The lowest BCUT2D eigenvalue weighted by atomic mass is 10.0. The van der Waals surface area contributed by atoms with E-state index in [1.165, 1.54) is 19.1 Å². The van der Waals surface area contributed by atoms with Crippen molar-refractivity contribution in [1.82, 2.24) is 0 Å². The minimum absolute atomic E-state index is 0.0744. The van der Waals surface area contributed by atoms with E-state index in [0.717, 1.165) is 24.8 Å². The zero-order chi connectivity index (χ0) is 17.2. The molecular weight excluding hydrogens is 346 g/mol. The molecule has 0 bridgehead atoms. The molecule has 1 aromatic carbocycles. The Kier molecular flexibility index (Phi) is 5.00. The third-order valence-corrected chi connectivity index (χ3v) is 5.37. The van der Waals surface area contributed by atoms with E-state index in [4.69, 9.17) is 0 Å². The first-order valence-corrected chi connectivity index (χ1v) is 9.51. The van der Waals surface area contributed by atoms with E-state index in [-0.39, 0.29) is 24.2 Å². The zero-order valence-corrected chi connectivity index (χ0v) is 14.1. The number of thioether (sulfide) groups is 1. The number of aryl methyl sites for hydroxylation is 1. The average Bonchev–Trinajstić information content (AvgIpc) is 2.28. The molecule has 8 heteroatoms. The van der Waals surface area contributed by atoms with Crippen molar-refractivity contribution in [3.63, 3.8) is 0 Å². The lowest BCUT2D eigenvalue weighted by molar-refractivity contribution is 0.359. The lowest BCUT2D eigenvalue weighted by Crippen LogP contribution is -2.11. The summed E-state index contributed by atoms with van der Waals surface area (Å²) in [5.41, 5.74) is -0.316. The van der Waals surface area contributed by atoms with E-state index in [1.54, 1.807) is 6.92 Å². The van der Waals surface area contributed by atoms with Crippen LogP contribution < -0.4 is 0 Å². The Balaban J connectivity index is 3.42. The summed E-state index contributed by atoms with van der Waals surface area (Å²) in [6.45, 7) is 3.86. The summed E-state index contributed by atoms with van der Waals surface area (Å²) in [7, 11) is -9.78. The van der Waals surface area contributed by atoms with Crippen LogP contribution in [0.15, 0.2) is 33.8 Å². The summed E-state index contributed by atoms with van der Waals surface area (Å²) in [6, 6.07) is 2.48. The molecule has 128 valence electrons. The smallest absolute Gasteiger partial charge is 0.212 e. The molecule has 0 aliphatic carbocycles. The maximum Gasteiger partial charge on any atom is 0.311 e. The van der Waals surface area contributed by atoms with Crippen molar-refractivity contribution in [3.8, 4) is 0 Å². The molecule has 0 unspecified atom stereocenters. The van der Waals surface area contributed by atoms with Crippen molar-refractivity contribution in [2.45, 2.75) is 43.4 Å². The first kappa shape index (κ1) is 19.3. The minimum atomic E-state index is -9.78. The predicted octanol–water partition coefficient (Wildman–Crippen LogP) is 7.57. The van der Waals surface area contributed by atoms with Gasteiger partial charge in [-0.1, -0.05) is 38.5 Å². The molecule has 0 saturated heterocycles. The summed E-state index contributed by atoms with van der Waals surface area (Å²) in [4.78, 5) is -2.26. The molecule has 0 nitrogen and oxygen atoms in total. The maximum atomic E-state index is 13.3. The van der Waals surface area contributed by atoms with Gasteiger partial charge in [-0.3, -0.25) is 0 Å². The SMILES string of the molecule is CCSc1ccc(CC/C=C(/C)F)c(C)c1S(F)(F)(F)(F)F. The van der Waals surface area contributed by atoms with Crippen LogP contribution in [0.25, 0.3) is 0 Å². The Morgan fingerprint density at radius 2 is 1.77 bits per heavy atom. The van der Waals surface area contributed by atoms with E-state index in [2.05, 4.69) is 0 Å². The van der Waals surface area contributed by atoms with Gasteiger partial charge in [-0.05, 0) is 49.6 Å². The van der Waals surface area contributed by atoms with E-state index < -0.39 is 31.4 Å². The van der Waals surface area contributed by atoms with Gasteiger partial charge in [-0.25, -0.2) is 4.39 Å². The molecule has 22 heavy (non-hydrogen) atoms. The monoisotopic (exact) mass is 364 g/mol. The van der Waals surface area contributed by atoms with E-state index in [1.807, 2.05) is 0 Å². The molecule has 0 aromatic heterocycles. The lowest BCUT2D eigenvalue weighted by Gasteiger charge is -2.43. The molecule has 0 fully saturated rings.